The Hall–Kier alpha value is -2.41. The van der Waals surface area contributed by atoms with Crippen LogP contribution in [0.5, 0.6) is 0 Å². The molecule has 32 heavy (non-hydrogen) atoms. The van der Waals surface area contributed by atoms with Gasteiger partial charge in [-0.25, -0.2) is 4.98 Å². The van der Waals surface area contributed by atoms with Crippen LogP contribution in [0, 0.1) is 11.8 Å². The van der Waals surface area contributed by atoms with Gasteiger partial charge < -0.3 is 9.64 Å². The quantitative estimate of drug-likeness (QED) is 0.496. The molecule has 1 saturated carbocycles. The zero-order valence-corrected chi connectivity index (χ0v) is 18.1. The van der Waals surface area contributed by atoms with Crippen LogP contribution < -0.4 is 4.90 Å². The van der Waals surface area contributed by atoms with Gasteiger partial charge in [-0.1, -0.05) is 30.3 Å². The first-order valence-corrected chi connectivity index (χ1v) is 11.4. The van der Waals surface area contributed by atoms with Crippen LogP contribution >= 0.6 is 0 Å². The Morgan fingerprint density at radius 2 is 1.84 bits per heavy atom. The Balaban J connectivity index is 1.34. The fourth-order valence-corrected chi connectivity index (χ4v) is 5.16. The maximum Gasteiger partial charge on any atom is 0.417 e. The molecule has 4 nitrogen and oxygen atoms in total. The van der Waals surface area contributed by atoms with E-state index in [-0.39, 0.29) is 11.6 Å². The Labute approximate surface area is 186 Å². The van der Waals surface area contributed by atoms with E-state index in [0.29, 0.717) is 30.5 Å². The van der Waals surface area contributed by atoms with Gasteiger partial charge in [-0.05, 0) is 62.0 Å². The minimum absolute atomic E-state index is 0.0229. The van der Waals surface area contributed by atoms with Crippen molar-refractivity contribution in [3.8, 4) is 0 Å². The second-order valence-electron chi connectivity index (χ2n) is 8.94. The van der Waals surface area contributed by atoms with Crippen molar-refractivity contribution in [1.82, 2.24) is 4.98 Å². The molecule has 2 heterocycles. The summed E-state index contributed by atoms with van der Waals surface area (Å²) < 4.78 is 45.0. The molecule has 1 atom stereocenters. The van der Waals surface area contributed by atoms with E-state index < -0.39 is 11.7 Å². The summed E-state index contributed by atoms with van der Waals surface area (Å²) in [5.74, 6) is 1.40. The lowest BCUT2D eigenvalue weighted by Gasteiger charge is -2.37. The van der Waals surface area contributed by atoms with Gasteiger partial charge in [0.1, 0.15) is 5.82 Å². The van der Waals surface area contributed by atoms with Crippen molar-refractivity contribution in [2.24, 2.45) is 11.8 Å². The smallest absolute Gasteiger partial charge is 0.376 e. The molecule has 7 heteroatoms. The summed E-state index contributed by atoms with van der Waals surface area (Å²) in [6.45, 7) is 2.11. The molecule has 1 aliphatic carbocycles. The first kappa shape index (κ1) is 22.8. The number of nitrogens with zero attached hydrogens (tertiary/aromatic N) is 2. The summed E-state index contributed by atoms with van der Waals surface area (Å²) in [5.41, 5.74) is 0.322. The summed E-state index contributed by atoms with van der Waals surface area (Å²) in [5, 5.41) is 0. The van der Waals surface area contributed by atoms with Gasteiger partial charge in [-0.15, -0.1) is 0 Å². The van der Waals surface area contributed by atoms with Crippen molar-refractivity contribution < 1.29 is 22.7 Å². The molecular weight excluding hydrogens is 417 g/mol. The molecule has 2 fully saturated rings. The van der Waals surface area contributed by atoms with E-state index in [1.54, 1.807) is 0 Å². The Morgan fingerprint density at radius 1 is 1.09 bits per heavy atom. The number of rotatable bonds is 7. The maximum atomic E-state index is 13.0. The van der Waals surface area contributed by atoms with Crippen LogP contribution in [-0.2, 0) is 17.5 Å². The van der Waals surface area contributed by atoms with Gasteiger partial charge >= 0.3 is 6.18 Å². The molecule has 1 saturated heterocycles. The summed E-state index contributed by atoms with van der Waals surface area (Å²) in [6.07, 6.45) is 3.10. The molecule has 0 radical (unpaired) electrons. The van der Waals surface area contributed by atoms with E-state index in [9.17, 15) is 18.0 Å². The SMILES string of the molecule is O=Cc1cc(C(F)(F)F)cnc1N1CCC[C@@H]1C1CCC(COCc2ccccc2)CC1. The highest BCUT2D eigenvalue weighted by Crippen LogP contribution is 2.39. The monoisotopic (exact) mass is 446 g/mol. The minimum Gasteiger partial charge on any atom is -0.376 e. The van der Waals surface area contributed by atoms with Crippen molar-refractivity contribution in [3.63, 3.8) is 0 Å². The van der Waals surface area contributed by atoms with Gasteiger partial charge in [-0.3, -0.25) is 4.79 Å². The number of hydrogen-bond donors (Lipinski definition) is 0. The highest BCUT2D eigenvalue weighted by Gasteiger charge is 2.37. The lowest BCUT2D eigenvalue weighted by Crippen LogP contribution is -2.39. The predicted octanol–water partition coefficient (Wildman–Crippen LogP) is 5.90. The Kier molecular flexibility index (Phi) is 7.13. The number of carbonyl (C=O) groups excluding carboxylic acids is 1. The fourth-order valence-electron chi connectivity index (χ4n) is 5.16. The zero-order chi connectivity index (χ0) is 22.6. The molecule has 0 unspecified atom stereocenters. The molecule has 4 rings (SSSR count). The topological polar surface area (TPSA) is 42.4 Å². The maximum absolute atomic E-state index is 13.0. The highest BCUT2D eigenvalue weighted by atomic mass is 19.4. The Morgan fingerprint density at radius 3 is 2.53 bits per heavy atom. The van der Waals surface area contributed by atoms with Gasteiger partial charge in [0, 0.05) is 25.4 Å². The molecule has 0 spiro atoms. The van der Waals surface area contributed by atoms with Crippen LogP contribution in [0.25, 0.3) is 0 Å². The molecule has 1 aromatic heterocycles. The van der Waals surface area contributed by atoms with Gasteiger partial charge in [0.05, 0.1) is 17.7 Å². The van der Waals surface area contributed by atoms with E-state index in [1.807, 2.05) is 18.2 Å². The minimum atomic E-state index is -4.51. The Bertz CT molecular complexity index is 896. The van der Waals surface area contributed by atoms with E-state index >= 15 is 0 Å². The number of ether oxygens (including phenoxy) is 1. The van der Waals surface area contributed by atoms with Gasteiger partial charge in [0.15, 0.2) is 6.29 Å². The normalized spacial score (nSPS) is 24.0. The van der Waals surface area contributed by atoms with Gasteiger partial charge in [-0.2, -0.15) is 13.2 Å². The van der Waals surface area contributed by atoms with Crippen molar-refractivity contribution in [2.75, 3.05) is 18.1 Å². The molecule has 0 N–H and O–H groups in total. The van der Waals surface area contributed by atoms with Crippen LogP contribution in [0.2, 0.25) is 0 Å². The third kappa shape index (κ3) is 5.31. The number of aromatic nitrogens is 1. The van der Waals surface area contributed by atoms with Crippen LogP contribution in [-0.4, -0.2) is 30.5 Å². The number of carbonyl (C=O) groups is 1. The first-order valence-electron chi connectivity index (χ1n) is 11.4. The first-order chi connectivity index (χ1) is 15.5. The molecule has 172 valence electrons. The summed E-state index contributed by atoms with van der Waals surface area (Å²) in [4.78, 5) is 17.7. The standard InChI is InChI=1S/C25H29F3N2O2/c26-25(27,28)22-13-21(15-31)24(29-14-22)30-12-4-7-23(30)20-10-8-19(9-11-20)17-32-16-18-5-2-1-3-6-18/h1-3,5-6,13-15,19-20,23H,4,7-12,16-17H2/t19?,20?,23-/m1/s1. The lowest BCUT2D eigenvalue weighted by atomic mass is 9.78. The van der Waals surface area contributed by atoms with E-state index in [0.717, 1.165) is 63.9 Å². The zero-order valence-electron chi connectivity index (χ0n) is 18.1. The van der Waals surface area contributed by atoms with Crippen LogP contribution in [0.15, 0.2) is 42.6 Å². The number of anilines is 1. The lowest BCUT2D eigenvalue weighted by molar-refractivity contribution is -0.137. The average molecular weight is 447 g/mol. The van der Waals surface area contributed by atoms with Crippen molar-refractivity contribution in [1.29, 1.82) is 0 Å². The summed E-state index contributed by atoms with van der Waals surface area (Å²) in [7, 11) is 0. The molecular formula is C25H29F3N2O2. The van der Waals surface area contributed by atoms with Gasteiger partial charge in [0.2, 0.25) is 0 Å². The number of halogens is 3. The number of alkyl halides is 3. The third-order valence-corrected chi connectivity index (χ3v) is 6.82. The molecule has 0 amide bonds. The van der Waals surface area contributed by atoms with Crippen LogP contribution in [0.1, 0.15) is 60.0 Å². The largest absolute Gasteiger partial charge is 0.417 e. The fraction of sp³-hybridized carbons (Fsp3) is 0.520. The molecule has 0 bridgehead atoms. The summed E-state index contributed by atoms with van der Waals surface area (Å²) >= 11 is 0. The third-order valence-electron chi connectivity index (χ3n) is 6.82. The van der Waals surface area contributed by atoms with E-state index in [4.69, 9.17) is 4.74 Å². The number of pyridine rings is 1. The van der Waals surface area contributed by atoms with Crippen molar-refractivity contribution in [3.05, 3.63) is 59.3 Å². The van der Waals surface area contributed by atoms with Gasteiger partial charge in [0.25, 0.3) is 0 Å². The van der Waals surface area contributed by atoms with E-state index in [1.165, 1.54) is 5.56 Å². The van der Waals surface area contributed by atoms with Crippen molar-refractivity contribution in [2.45, 2.75) is 57.3 Å². The molecule has 1 aliphatic heterocycles. The second-order valence-corrected chi connectivity index (χ2v) is 8.94. The molecule has 2 aromatic rings. The van der Waals surface area contributed by atoms with Crippen LogP contribution in [0.3, 0.4) is 0 Å². The number of hydrogen-bond acceptors (Lipinski definition) is 4. The summed E-state index contributed by atoms with van der Waals surface area (Å²) in [6, 6.07) is 11.3. The second kappa shape index (κ2) is 10.0. The highest BCUT2D eigenvalue weighted by molar-refractivity contribution is 5.83. The number of aldehydes is 1. The van der Waals surface area contributed by atoms with E-state index in [2.05, 4.69) is 22.0 Å². The average Bonchev–Trinajstić information content (AvgIpc) is 3.29. The van der Waals surface area contributed by atoms with Crippen molar-refractivity contribution >= 4 is 12.1 Å². The number of benzene rings is 1. The van der Waals surface area contributed by atoms with Crippen LogP contribution in [0.4, 0.5) is 19.0 Å². The molecule has 2 aliphatic rings. The molecule has 1 aromatic carbocycles. The predicted molar refractivity (Wildman–Crippen MR) is 117 cm³/mol.